The lowest BCUT2D eigenvalue weighted by molar-refractivity contribution is -0.136. The van der Waals surface area contributed by atoms with Gasteiger partial charge in [0, 0.05) is 17.5 Å². The fraction of sp³-hybridized carbons (Fsp3) is 0.583. The van der Waals surface area contributed by atoms with E-state index in [-0.39, 0.29) is 5.54 Å². The van der Waals surface area contributed by atoms with Crippen molar-refractivity contribution in [2.45, 2.75) is 56.2 Å². The SMILES string of the molecule is COC1CC(n2cc(-n3ncc4cc(Cl)c(C5CCN(C6(C)COC6)CC5)cc43)cn2)C1. The van der Waals surface area contributed by atoms with E-state index in [0.29, 0.717) is 18.1 Å². The molecule has 8 heteroatoms. The van der Waals surface area contributed by atoms with Gasteiger partial charge in [-0.3, -0.25) is 9.58 Å². The number of piperidine rings is 1. The molecule has 1 aliphatic carbocycles. The average Bonchev–Trinajstić information content (AvgIpc) is 3.37. The quantitative estimate of drug-likeness (QED) is 0.577. The number of hydrogen-bond donors (Lipinski definition) is 0. The van der Waals surface area contributed by atoms with Crippen LogP contribution in [0.5, 0.6) is 0 Å². The highest BCUT2D eigenvalue weighted by atomic mass is 35.5. The van der Waals surface area contributed by atoms with Crippen molar-refractivity contribution in [3.63, 3.8) is 0 Å². The van der Waals surface area contributed by atoms with Gasteiger partial charge in [0.2, 0.25) is 0 Å². The molecule has 0 amide bonds. The molecule has 3 aromatic rings. The molecular formula is C24H30ClN5O2. The number of nitrogens with zero attached hydrogens (tertiary/aromatic N) is 5. The van der Waals surface area contributed by atoms with Crippen LogP contribution in [-0.4, -0.2) is 69.5 Å². The van der Waals surface area contributed by atoms with Crippen LogP contribution in [0.15, 0.2) is 30.7 Å². The van der Waals surface area contributed by atoms with Gasteiger partial charge in [-0.2, -0.15) is 10.2 Å². The summed E-state index contributed by atoms with van der Waals surface area (Å²) < 4.78 is 14.9. The molecule has 0 radical (unpaired) electrons. The highest BCUT2D eigenvalue weighted by molar-refractivity contribution is 6.32. The molecule has 3 aliphatic rings. The molecule has 170 valence electrons. The molecule has 0 unspecified atom stereocenters. The van der Waals surface area contributed by atoms with E-state index in [1.54, 1.807) is 7.11 Å². The number of halogens is 1. The van der Waals surface area contributed by atoms with E-state index in [1.807, 2.05) is 17.1 Å². The van der Waals surface area contributed by atoms with Crippen molar-refractivity contribution < 1.29 is 9.47 Å². The minimum absolute atomic E-state index is 0.223. The summed E-state index contributed by atoms with van der Waals surface area (Å²) in [6, 6.07) is 4.73. The number of methoxy groups -OCH3 is 1. The number of rotatable bonds is 5. The van der Waals surface area contributed by atoms with E-state index < -0.39 is 0 Å². The Labute approximate surface area is 193 Å². The molecule has 0 spiro atoms. The third kappa shape index (κ3) is 3.37. The first-order valence-corrected chi connectivity index (χ1v) is 12.0. The highest BCUT2D eigenvalue weighted by Gasteiger charge is 2.41. The Bertz CT molecular complexity index is 1120. The second-order valence-corrected chi connectivity index (χ2v) is 10.3. The summed E-state index contributed by atoms with van der Waals surface area (Å²) in [7, 11) is 1.78. The number of hydrogen-bond acceptors (Lipinski definition) is 5. The number of ether oxygens (including phenoxy) is 2. The zero-order valence-corrected chi connectivity index (χ0v) is 19.5. The second kappa shape index (κ2) is 7.83. The van der Waals surface area contributed by atoms with Crippen LogP contribution in [0.2, 0.25) is 5.02 Å². The molecule has 2 aromatic heterocycles. The average molecular weight is 456 g/mol. The predicted molar refractivity (Wildman–Crippen MR) is 124 cm³/mol. The summed E-state index contributed by atoms with van der Waals surface area (Å²) in [5, 5.41) is 11.2. The summed E-state index contributed by atoms with van der Waals surface area (Å²) in [6.07, 6.45) is 10.5. The summed E-state index contributed by atoms with van der Waals surface area (Å²) in [5.41, 5.74) is 3.54. The molecule has 4 heterocycles. The molecule has 2 aliphatic heterocycles. The summed E-state index contributed by atoms with van der Waals surface area (Å²) in [5.74, 6) is 0.472. The molecule has 32 heavy (non-hydrogen) atoms. The maximum Gasteiger partial charge on any atom is 0.103 e. The third-order valence-corrected chi connectivity index (χ3v) is 8.15. The van der Waals surface area contributed by atoms with Gasteiger partial charge in [-0.05, 0) is 69.3 Å². The maximum absolute atomic E-state index is 6.76. The molecule has 0 atom stereocenters. The van der Waals surface area contributed by atoms with Crippen LogP contribution in [0.25, 0.3) is 16.6 Å². The molecule has 6 rings (SSSR count). The number of aromatic nitrogens is 4. The maximum atomic E-state index is 6.76. The summed E-state index contributed by atoms with van der Waals surface area (Å²) in [6.45, 7) is 6.20. The number of fused-ring (bicyclic) bond motifs is 1. The van der Waals surface area contributed by atoms with Gasteiger partial charge in [-0.25, -0.2) is 4.68 Å². The van der Waals surface area contributed by atoms with Crippen LogP contribution < -0.4 is 0 Å². The Morgan fingerprint density at radius 3 is 2.59 bits per heavy atom. The van der Waals surface area contributed by atoms with Crippen LogP contribution in [0.3, 0.4) is 0 Å². The largest absolute Gasteiger partial charge is 0.381 e. The van der Waals surface area contributed by atoms with Gasteiger partial charge >= 0.3 is 0 Å². The molecule has 3 fully saturated rings. The van der Waals surface area contributed by atoms with Crippen LogP contribution in [0, 0.1) is 0 Å². The minimum Gasteiger partial charge on any atom is -0.381 e. The molecule has 7 nitrogen and oxygen atoms in total. The van der Waals surface area contributed by atoms with Crippen LogP contribution in [0.1, 0.15) is 50.1 Å². The Hall–Kier alpha value is -1.93. The van der Waals surface area contributed by atoms with Crippen LogP contribution >= 0.6 is 11.6 Å². The lowest BCUT2D eigenvalue weighted by Gasteiger charge is -2.50. The van der Waals surface area contributed by atoms with Crippen molar-refractivity contribution in [2.75, 3.05) is 33.4 Å². The third-order valence-electron chi connectivity index (χ3n) is 7.82. The van der Waals surface area contributed by atoms with Crippen molar-refractivity contribution in [3.05, 3.63) is 41.3 Å². The molecule has 1 aromatic carbocycles. The monoisotopic (exact) mass is 455 g/mol. The van der Waals surface area contributed by atoms with Crippen molar-refractivity contribution in [2.24, 2.45) is 0 Å². The predicted octanol–water partition coefficient (Wildman–Crippen LogP) is 4.19. The normalized spacial score (nSPS) is 26.2. The van der Waals surface area contributed by atoms with Gasteiger partial charge in [-0.1, -0.05) is 11.6 Å². The molecule has 1 saturated carbocycles. The van der Waals surface area contributed by atoms with E-state index >= 15 is 0 Å². The van der Waals surface area contributed by atoms with E-state index in [9.17, 15) is 0 Å². The van der Waals surface area contributed by atoms with Gasteiger partial charge in [-0.15, -0.1) is 0 Å². The number of likely N-dealkylation sites (tertiary alicyclic amines) is 1. The first-order chi connectivity index (χ1) is 15.5. The first-order valence-electron chi connectivity index (χ1n) is 11.6. The standard InChI is InChI=1S/C24H30ClN5O2/c1-24(14-32-15-24)28-5-3-16(4-6-28)21-10-23-17(7-22(21)25)11-27-30(23)19-12-26-29(13-19)18-8-20(9-18)31-2/h7,10-13,16,18,20H,3-6,8-9,14-15H2,1-2H3. The molecule has 2 saturated heterocycles. The van der Waals surface area contributed by atoms with Gasteiger partial charge in [0.05, 0.1) is 55.0 Å². The lowest BCUT2D eigenvalue weighted by Crippen LogP contribution is -2.61. The van der Waals surface area contributed by atoms with Crippen LogP contribution in [-0.2, 0) is 9.47 Å². The summed E-state index contributed by atoms with van der Waals surface area (Å²) >= 11 is 6.76. The van der Waals surface area contributed by atoms with E-state index in [2.05, 4.69) is 45.0 Å². The van der Waals surface area contributed by atoms with Crippen molar-refractivity contribution in [3.8, 4) is 5.69 Å². The molecule has 0 N–H and O–H groups in total. The Balaban J connectivity index is 1.24. The van der Waals surface area contributed by atoms with Crippen LogP contribution in [0.4, 0.5) is 0 Å². The van der Waals surface area contributed by atoms with E-state index in [0.717, 1.165) is 73.6 Å². The van der Waals surface area contributed by atoms with Crippen molar-refractivity contribution in [1.29, 1.82) is 0 Å². The number of benzene rings is 1. The fourth-order valence-electron chi connectivity index (χ4n) is 5.47. The van der Waals surface area contributed by atoms with Crippen molar-refractivity contribution >= 4 is 22.5 Å². The van der Waals surface area contributed by atoms with Crippen molar-refractivity contribution in [1.82, 2.24) is 24.5 Å². The highest BCUT2D eigenvalue weighted by Crippen LogP contribution is 2.39. The van der Waals surface area contributed by atoms with Gasteiger partial charge < -0.3 is 9.47 Å². The van der Waals surface area contributed by atoms with E-state index in [4.69, 9.17) is 21.1 Å². The van der Waals surface area contributed by atoms with E-state index in [1.165, 1.54) is 5.56 Å². The topological polar surface area (TPSA) is 57.3 Å². The van der Waals surface area contributed by atoms with Gasteiger partial charge in [0.1, 0.15) is 5.69 Å². The molecule has 0 bridgehead atoms. The van der Waals surface area contributed by atoms with Gasteiger partial charge in [0.15, 0.2) is 0 Å². The first kappa shape index (κ1) is 20.7. The molecular weight excluding hydrogens is 426 g/mol. The second-order valence-electron chi connectivity index (χ2n) is 9.90. The fourth-order valence-corrected chi connectivity index (χ4v) is 5.80. The summed E-state index contributed by atoms with van der Waals surface area (Å²) in [4.78, 5) is 2.59. The van der Waals surface area contributed by atoms with Gasteiger partial charge in [0.25, 0.3) is 0 Å². The Morgan fingerprint density at radius 1 is 1.12 bits per heavy atom. The zero-order valence-electron chi connectivity index (χ0n) is 18.7. The Morgan fingerprint density at radius 2 is 1.91 bits per heavy atom. The lowest BCUT2D eigenvalue weighted by atomic mass is 9.86. The Kier molecular flexibility index (Phi) is 5.06. The smallest absolute Gasteiger partial charge is 0.103 e. The zero-order chi connectivity index (χ0) is 21.9. The minimum atomic E-state index is 0.223.